The first-order valence-electron chi connectivity index (χ1n) is 6.35. The van der Waals surface area contributed by atoms with E-state index >= 15 is 0 Å². The highest BCUT2D eigenvalue weighted by atomic mass is 32.2. The number of aromatic nitrogens is 2. The molecule has 3 nitrogen and oxygen atoms in total. The maximum absolute atomic E-state index is 13.8. The zero-order valence-electron chi connectivity index (χ0n) is 10.8. The molecule has 0 amide bonds. The Balaban J connectivity index is 1.77. The van der Waals surface area contributed by atoms with E-state index in [1.54, 1.807) is 24.2 Å². The summed E-state index contributed by atoms with van der Waals surface area (Å²) in [6, 6.07) is 5.57. The summed E-state index contributed by atoms with van der Waals surface area (Å²) in [5.41, 5.74) is 2.22. The molecule has 5 heteroatoms. The Kier molecular flexibility index (Phi) is 3.57. The van der Waals surface area contributed by atoms with Gasteiger partial charge in [-0.1, -0.05) is 12.1 Å². The summed E-state index contributed by atoms with van der Waals surface area (Å²) in [4.78, 5) is 4.90. The highest BCUT2D eigenvalue weighted by Gasteiger charge is 2.22. The van der Waals surface area contributed by atoms with E-state index in [0.29, 0.717) is 0 Å². The van der Waals surface area contributed by atoms with E-state index in [0.717, 1.165) is 34.9 Å². The number of nitrogens with zero attached hydrogens (tertiary/aromatic N) is 2. The van der Waals surface area contributed by atoms with Gasteiger partial charge >= 0.3 is 0 Å². The second-order valence-corrected chi connectivity index (χ2v) is 5.83. The molecule has 1 aliphatic rings. The van der Waals surface area contributed by atoms with Gasteiger partial charge in [-0.25, -0.2) is 9.37 Å². The average Bonchev–Trinajstić information content (AvgIpc) is 2.82. The normalized spacial score (nSPS) is 18.3. The lowest BCUT2D eigenvalue weighted by molar-refractivity contribution is 0.488. The van der Waals surface area contributed by atoms with Crippen molar-refractivity contribution in [3.63, 3.8) is 0 Å². The molecule has 0 fully saturated rings. The molecule has 19 heavy (non-hydrogen) atoms. The van der Waals surface area contributed by atoms with Gasteiger partial charge in [0.05, 0.1) is 12.0 Å². The Morgan fingerprint density at radius 2 is 2.42 bits per heavy atom. The number of nitrogens with one attached hydrogen (secondary N) is 1. The highest BCUT2D eigenvalue weighted by Crippen LogP contribution is 2.37. The zero-order chi connectivity index (χ0) is 13.2. The third-order valence-electron chi connectivity index (χ3n) is 3.47. The van der Waals surface area contributed by atoms with Crippen LogP contribution in [0.25, 0.3) is 0 Å². The predicted octanol–water partition coefficient (Wildman–Crippen LogP) is 2.89. The Labute approximate surface area is 116 Å². The molecule has 1 atom stereocenters. The topological polar surface area (TPSA) is 29.9 Å². The first-order valence-corrected chi connectivity index (χ1v) is 7.34. The second-order valence-electron chi connectivity index (χ2n) is 4.72. The number of fused-ring (bicyclic) bond motifs is 1. The standard InChI is InChI=1S/C14H16FN3S/c1-18-9-16-7-10(18)8-17-13-5-6-19-14-11(13)3-2-4-12(14)15/h2-4,7,9,13,17H,5-6,8H2,1H3. The number of hydrogen-bond acceptors (Lipinski definition) is 3. The predicted molar refractivity (Wildman–Crippen MR) is 74.5 cm³/mol. The lowest BCUT2D eigenvalue weighted by Gasteiger charge is -2.26. The van der Waals surface area contributed by atoms with Crippen LogP contribution < -0.4 is 5.32 Å². The smallest absolute Gasteiger partial charge is 0.137 e. The van der Waals surface area contributed by atoms with Gasteiger partial charge in [-0.3, -0.25) is 0 Å². The Bertz CT molecular complexity index is 582. The van der Waals surface area contributed by atoms with E-state index in [1.165, 1.54) is 6.07 Å². The number of hydrogen-bond donors (Lipinski definition) is 1. The molecule has 2 heterocycles. The van der Waals surface area contributed by atoms with Crippen molar-refractivity contribution in [3.05, 3.63) is 47.8 Å². The summed E-state index contributed by atoms with van der Waals surface area (Å²) in [5.74, 6) is 0.853. The molecule has 3 rings (SSSR count). The van der Waals surface area contributed by atoms with Gasteiger partial charge in [-0.2, -0.15) is 0 Å². The number of benzene rings is 1. The fraction of sp³-hybridized carbons (Fsp3) is 0.357. The summed E-state index contributed by atoms with van der Waals surface area (Å²) < 4.78 is 15.8. The van der Waals surface area contributed by atoms with Crippen molar-refractivity contribution in [1.29, 1.82) is 0 Å². The van der Waals surface area contributed by atoms with Crippen molar-refractivity contribution >= 4 is 11.8 Å². The van der Waals surface area contributed by atoms with Crippen LogP contribution in [0.4, 0.5) is 4.39 Å². The van der Waals surface area contributed by atoms with Crippen LogP contribution in [0.15, 0.2) is 35.6 Å². The van der Waals surface area contributed by atoms with Gasteiger partial charge in [0.1, 0.15) is 5.82 Å². The third kappa shape index (κ3) is 2.53. The van der Waals surface area contributed by atoms with Crippen LogP contribution in [-0.2, 0) is 13.6 Å². The Morgan fingerprint density at radius 1 is 1.53 bits per heavy atom. The molecule has 0 spiro atoms. The van der Waals surface area contributed by atoms with Crippen LogP contribution in [0.1, 0.15) is 23.7 Å². The van der Waals surface area contributed by atoms with Crippen molar-refractivity contribution in [2.75, 3.05) is 5.75 Å². The molecular formula is C14H16FN3S. The van der Waals surface area contributed by atoms with Crippen molar-refractivity contribution in [1.82, 2.24) is 14.9 Å². The maximum atomic E-state index is 13.8. The number of halogens is 1. The van der Waals surface area contributed by atoms with E-state index in [-0.39, 0.29) is 11.9 Å². The van der Waals surface area contributed by atoms with Gasteiger partial charge in [-0.15, -0.1) is 11.8 Å². The van der Waals surface area contributed by atoms with Gasteiger partial charge < -0.3 is 9.88 Å². The van der Waals surface area contributed by atoms with Gasteiger partial charge in [0.25, 0.3) is 0 Å². The first-order chi connectivity index (χ1) is 9.25. The summed E-state index contributed by atoms with van der Waals surface area (Å²) in [7, 11) is 1.98. The van der Waals surface area contributed by atoms with Gasteiger partial charge in [0, 0.05) is 30.7 Å². The molecule has 0 radical (unpaired) electrons. The summed E-state index contributed by atoms with van der Waals surface area (Å²) in [6.07, 6.45) is 4.68. The van der Waals surface area contributed by atoms with E-state index in [4.69, 9.17) is 0 Å². The summed E-state index contributed by atoms with van der Waals surface area (Å²) in [6.45, 7) is 0.752. The molecule has 0 aliphatic carbocycles. The maximum Gasteiger partial charge on any atom is 0.137 e. The van der Waals surface area contributed by atoms with E-state index in [2.05, 4.69) is 10.3 Å². The average molecular weight is 277 g/mol. The van der Waals surface area contributed by atoms with E-state index in [9.17, 15) is 4.39 Å². The highest BCUT2D eigenvalue weighted by molar-refractivity contribution is 7.99. The van der Waals surface area contributed by atoms with Crippen LogP contribution >= 0.6 is 11.8 Å². The largest absolute Gasteiger partial charge is 0.337 e. The zero-order valence-corrected chi connectivity index (χ0v) is 11.6. The minimum Gasteiger partial charge on any atom is -0.337 e. The van der Waals surface area contributed by atoms with Crippen LogP contribution in [0.2, 0.25) is 0 Å². The van der Waals surface area contributed by atoms with Crippen molar-refractivity contribution in [2.45, 2.75) is 23.9 Å². The lowest BCUT2D eigenvalue weighted by Crippen LogP contribution is -2.25. The molecule has 100 valence electrons. The molecule has 1 aliphatic heterocycles. The minimum absolute atomic E-state index is 0.102. The molecule has 1 unspecified atom stereocenters. The summed E-state index contributed by atoms with van der Waals surface area (Å²) in [5, 5.41) is 3.51. The fourth-order valence-electron chi connectivity index (χ4n) is 2.38. The van der Waals surface area contributed by atoms with Crippen molar-refractivity contribution < 1.29 is 4.39 Å². The number of rotatable bonds is 3. The minimum atomic E-state index is -0.102. The number of imidazole rings is 1. The number of aryl methyl sites for hydroxylation is 1. The van der Waals surface area contributed by atoms with Crippen LogP contribution in [0.5, 0.6) is 0 Å². The molecule has 0 bridgehead atoms. The second kappa shape index (κ2) is 5.35. The quantitative estimate of drug-likeness (QED) is 0.935. The summed E-state index contributed by atoms with van der Waals surface area (Å²) >= 11 is 1.61. The van der Waals surface area contributed by atoms with Crippen LogP contribution in [-0.4, -0.2) is 15.3 Å². The third-order valence-corrected chi connectivity index (χ3v) is 4.63. The first kappa shape index (κ1) is 12.7. The molecule has 0 saturated carbocycles. The Morgan fingerprint density at radius 3 is 3.21 bits per heavy atom. The van der Waals surface area contributed by atoms with Gasteiger partial charge in [0.15, 0.2) is 0 Å². The molecule has 0 saturated heterocycles. The molecule has 1 aromatic heterocycles. The van der Waals surface area contributed by atoms with Gasteiger partial charge in [-0.05, 0) is 23.8 Å². The molecule has 2 aromatic rings. The molecule has 1 aromatic carbocycles. The lowest BCUT2D eigenvalue weighted by atomic mass is 10.0. The number of thioether (sulfide) groups is 1. The van der Waals surface area contributed by atoms with E-state index < -0.39 is 0 Å². The monoisotopic (exact) mass is 277 g/mol. The Hall–Kier alpha value is -1.33. The molecule has 1 N–H and O–H groups in total. The van der Waals surface area contributed by atoms with Crippen LogP contribution in [0, 0.1) is 5.82 Å². The van der Waals surface area contributed by atoms with Crippen molar-refractivity contribution in [3.8, 4) is 0 Å². The van der Waals surface area contributed by atoms with Gasteiger partial charge in [0.2, 0.25) is 0 Å². The fourth-order valence-corrected chi connectivity index (χ4v) is 3.52. The SMILES string of the molecule is Cn1cncc1CNC1CCSc2c(F)cccc21. The molecular weight excluding hydrogens is 261 g/mol. The van der Waals surface area contributed by atoms with E-state index in [1.807, 2.05) is 23.9 Å². The van der Waals surface area contributed by atoms with Crippen LogP contribution in [0.3, 0.4) is 0 Å². The van der Waals surface area contributed by atoms with Crippen molar-refractivity contribution in [2.24, 2.45) is 7.05 Å².